The van der Waals surface area contributed by atoms with Gasteiger partial charge in [-0.3, -0.25) is 4.98 Å². The van der Waals surface area contributed by atoms with Crippen LogP contribution in [0.1, 0.15) is 67.3 Å². The molecule has 0 fully saturated rings. The van der Waals surface area contributed by atoms with Gasteiger partial charge >= 0.3 is 0 Å². The minimum atomic E-state index is 0. The van der Waals surface area contributed by atoms with E-state index in [4.69, 9.17) is 9.40 Å². The van der Waals surface area contributed by atoms with Crippen LogP contribution in [0, 0.1) is 38.3 Å². The van der Waals surface area contributed by atoms with Gasteiger partial charge in [0.15, 0.2) is 0 Å². The molecule has 7 rings (SSSR count). The molecule has 1 atom stereocenters. The van der Waals surface area contributed by atoms with Crippen molar-refractivity contribution in [2.24, 2.45) is 5.41 Å². The molecule has 7 aromatic rings. The van der Waals surface area contributed by atoms with Gasteiger partial charge in [-0.05, 0) is 54.3 Å². The molecular formula is C43H41IrN3O-2. The number of fused-ring (bicyclic) bond motifs is 3. The van der Waals surface area contributed by atoms with Crippen molar-refractivity contribution in [3.8, 4) is 22.5 Å². The molecule has 4 heterocycles. The van der Waals surface area contributed by atoms with E-state index in [9.17, 15) is 0 Å². The molecule has 0 aliphatic rings. The Balaban J connectivity index is 0.000000252. The standard InChI is InChI=1S/C30H29N2O.C13H12N.Ir/c1-19-15-27-28(29(32-19)20(2)22-9-7-6-8-10-22)24-17-23(11-12-26(24)33-27)25-16-21(13-14-31-25)18-30(3,4)5;1-10-3-6-12(7-4-10)13-8-5-11(2)9-14-13;/h6-10,12-17,20H,18H2,1-5H3;3-6,8-9H,1-2H3;/q2*-1;. The number of hydrogen-bond donors (Lipinski definition) is 0. The molecule has 0 spiro atoms. The topological polar surface area (TPSA) is 51.8 Å². The van der Waals surface area contributed by atoms with Gasteiger partial charge in [-0.15, -0.1) is 59.2 Å². The number of aromatic nitrogens is 3. The fourth-order valence-electron chi connectivity index (χ4n) is 5.89. The quantitative estimate of drug-likeness (QED) is 0.163. The predicted molar refractivity (Wildman–Crippen MR) is 193 cm³/mol. The Morgan fingerprint density at radius 2 is 1.50 bits per heavy atom. The van der Waals surface area contributed by atoms with E-state index in [1.54, 1.807) is 0 Å². The molecule has 48 heavy (non-hydrogen) atoms. The zero-order valence-electron chi connectivity index (χ0n) is 28.7. The molecule has 4 nitrogen and oxygen atoms in total. The molecule has 1 radical (unpaired) electrons. The summed E-state index contributed by atoms with van der Waals surface area (Å²) in [6.07, 6.45) is 4.78. The minimum absolute atomic E-state index is 0. The predicted octanol–water partition coefficient (Wildman–Crippen LogP) is 11.1. The van der Waals surface area contributed by atoms with E-state index in [-0.39, 0.29) is 31.4 Å². The minimum Gasteiger partial charge on any atom is -0.500 e. The number of nitrogens with zero attached hydrogens (tertiary/aromatic N) is 3. The zero-order valence-corrected chi connectivity index (χ0v) is 31.1. The maximum absolute atomic E-state index is 6.25. The first-order valence-electron chi connectivity index (χ1n) is 16.2. The van der Waals surface area contributed by atoms with Crippen LogP contribution >= 0.6 is 0 Å². The molecule has 3 aromatic carbocycles. The molecule has 0 amide bonds. The number of hydrogen-bond acceptors (Lipinski definition) is 4. The van der Waals surface area contributed by atoms with Crippen LogP contribution in [0.2, 0.25) is 0 Å². The van der Waals surface area contributed by atoms with Crippen LogP contribution < -0.4 is 0 Å². The average molecular weight is 808 g/mol. The maximum Gasteiger partial charge on any atom is 0.124 e. The van der Waals surface area contributed by atoms with Crippen molar-refractivity contribution in [3.63, 3.8) is 0 Å². The summed E-state index contributed by atoms with van der Waals surface area (Å²) in [7, 11) is 0. The Hall–Kier alpha value is -4.44. The fraction of sp³-hybridized carbons (Fsp3) is 0.233. The van der Waals surface area contributed by atoms with Crippen LogP contribution in [0.15, 0.2) is 108 Å². The molecule has 0 aliphatic carbocycles. The molecule has 0 N–H and O–H groups in total. The number of rotatable bonds is 5. The van der Waals surface area contributed by atoms with Gasteiger partial charge < -0.3 is 14.4 Å². The SMILES string of the molecule is Cc1c[c-]c(-c2ccc(C)cn2)cc1.Cc1cc2oc3c[c-]c(-c4cc(CC(C)(C)C)ccn4)cc3c2c(C(C)c2ccccc2)n1.[Ir]. The van der Waals surface area contributed by atoms with Gasteiger partial charge in [-0.1, -0.05) is 94.1 Å². The van der Waals surface area contributed by atoms with Crippen molar-refractivity contribution in [2.45, 2.75) is 60.8 Å². The van der Waals surface area contributed by atoms with E-state index < -0.39 is 0 Å². The van der Waals surface area contributed by atoms with Crippen LogP contribution in [-0.2, 0) is 26.5 Å². The van der Waals surface area contributed by atoms with E-state index in [1.165, 1.54) is 22.3 Å². The van der Waals surface area contributed by atoms with Crippen LogP contribution in [-0.4, -0.2) is 15.0 Å². The van der Waals surface area contributed by atoms with Crippen LogP contribution in [0.3, 0.4) is 0 Å². The van der Waals surface area contributed by atoms with Gasteiger partial charge in [0.1, 0.15) is 5.58 Å². The smallest absolute Gasteiger partial charge is 0.124 e. The molecule has 1 unspecified atom stereocenters. The summed E-state index contributed by atoms with van der Waals surface area (Å²) in [4.78, 5) is 14.0. The third-order valence-corrected chi connectivity index (χ3v) is 8.24. The van der Waals surface area contributed by atoms with Crippen molar-refractivity contribution >= 4 is 21.9 Å². The van der Waals surface area contributed by atoms with E-state index in [0.29, 0.717) is 0 Å². The van der Waals surface area contributed by atoms with Crippen LogP contribution in [0.25, 0.3) is 44.5 Å². The first kappa shape index (κ1) is 34.9. The summed E-state index contributed by atoms with van der Waals surface area (Å²) in [6.45, 7) is 15.1. The van der Waals surface area contributed by atoms with Crippen molar-refractivity contribution in [1.82, 2.24) is 15.0 Å². The Morgan fingerprint density at radius 3 is 2.19 bits per heavy atom. The Labute approximate surface area is 298 Å². The van der Waals surface area contributed by atoms with E-state index in [2.05, 4.69) is 111 Å². The second-order valence-corrected chi connectivity index (χ2v) is 13.7. The fourth-order valence-corrected chi connectivity index (χ4v) is 5.89. The average Bonchev–Trinajstić information content (AvgIpc) is 3.42. The second-order valence-electron chi connectivity index (χ2n) is 13.7. The van der Waals surface area contributed by atoms with Crippen molar-refractivity contribution in [3.05, 3.63) is 149 Å². The number of benzene rings is 3. The van der Waals surface area contributed by atoms with Gasteiger partial charge in [-0.2, -0.15) is 0 Å². The van der Waals surface area contributed by atoms with E-state index in [0.717, 1.165) is 62.3 Å². The van der Waals surface area contributed by atoms with E-state index >= 15 is 0 Å². The summed E-state index contributed by atoms with van der Waals surface area (Å²) >= 11 is 0. The molecule has 0 saturated heterocycles. The van der Waals surface area contributed by atoms with Gasteiger partial charge in [-0.25, -0.2) is 0 Å². The van der Waals surface area contributed by atoms with Crippen molar-refractivity contribution < 1.29 is 24.5 Å². The van der Waals surface area contributed by atoms with Crippen LogP contribution in [0.5, 0.6) is 0 Å². The van der Waals surface area contributed by atoms with Crippen molar-refractivity contribution in [1.29, 1.82) is 0 Å². The number of pyridine rings is 3. The summed E-state index contributed by atoms with van der Waals surface area (Å²) in [6, 6.07) is 37.7. The Kier molecular flexibility index (Phi) is 10.7. The van der Waals surface area contributed by atoms with Crippen LogP contribution in [0.4, 0.5) is 0 Å². The second kappa shape index (κ2) is 14.8. The van der Waals surface area contributed by atoms with E-state index in [1.807, 2.05) is 62.6 Å². The third-order valence-electron chi connectivity index (χ3n) is 8.24. The first-order chi connectivity index (χ1) is 22.5. The summed E-state index contributed by atoms with van der Waals surface area (Å²) in [5, 5.41) is 2.14. The van der Waals surface area contributed by atoms with Gasteiger partial charge in [0.2, 0.25) is 0 Å². The largest absolute Gasteiger partial charge is 0.500 e. The first-order valence-corrected chi connectivity index (χ1v) is 16.2. The van der Waals surface area contributed by atoms with Gasteiger partial charge in [0.25, 0.3) is 0 Å². The molecule has 4 aromatic heterocycles. The number of furan rings is 1. The normalized spacial score (nSPS) is 11.9. The zero-order chi connectivity index (χ0) is 33.1. The Bertz CT molecular complexity index is 2080. The molecule has 0 saturated carbocycles. The maximum atomic E-state index is 6.25. The number of aryl methyl sites for hydroxylation is 3. The monoisotopic (exact) mass is 808 g/mol. The Morgan fingerprint density at radius 1 is 0.750 bits per heavy atom. The van der Waals surface area contributed by atoms with Gasteiger partial charge in [0.05, 0.1) is 11.3 Å². The van der Waals surface area contributed by atoms with Gasteiger partial charge in [0, 0.05) is 55.6 Å². The molecule has 0 aliphatic heterocycles. The third kappa shape index (κ3) is 8.16. The summed E-state index contributed by atoms with van der Waals surface area (Å²) in [5.41, 5.74) is 12.8. The summed E-state index contributed by atoms with van der Waals surface area (Å²) in [5.74, 6) is 0.148. The molecule has 0 bridgehead atoms. The molecule has 5 heteroatoms. The van der Waals surface area contributed by atoms with Crippen molar-refractivity contribution in [2.75, 3.05) is 0 Å². The molecular weight excluding hydrogens is 767 g/mol. The summed E-state index contributed by atoms with van der Waals surface area (Å²) < 4.78 is 6.25. The molecule has 245 valence electrons.